The van der Waals surface area contributed by atoms with Crippen molar-refractivity contribution in [1.82, 2.24) is 19.6 Å². The van der Waals surface area contributed by atoms with Crippen LogP contribution in [0, 0.1) is 13.8 Å². The summed E-state index contributed by atoms with van der Waals surface area (Å²) in [6, 6.07) is 14.3. The molecule has 9 nitrogen and oxygen atoms in total. The number of imidazole rings is 1. The van der Waals surface area contributed by atoms with E-state index in [1.54, 1.807) is 52.2 Å². The van der Waals surface area contributed by atoms with E-state index in [-0.39, 0.29) is 21.8 Å². The second-order valence-electron chi connectivity index (χ2n) is 9.22. The number of rotatable bonds is 9. The first-order valence-corrected chi connectivity index (χ1v) is 14.0. The van der Waals surface area contributed by atoms with Gasteiger partial charge in [-0.2, -0.15) is 0 Å². The number of aromatic nitrogens is 3. The van der Waals surface area contributed by atoms with Gasteiger partial charge in [0, 0.05) is 38.2 Å². The zero-order chi connectivity index (χ0) is 27.6. The van der Waals surface area contributed by atoms with Gasteiger partial charge in [-0.3, -0.25) is 4.79 Å². The van der Waals surface area contributed by atoms with E-state index in [0.29, 0.717) is 35.5 Å². The Morgan fingerprint density at radius 3 is 2.39 bits per heavy atom. The van der Waals surface area contributed by atoms with Gasteiger partial charge in [0.2, 0.25) is 5.88 Å². The van der Waals surface area contributed by atoms with E-state index in [4.69, 9.17) is 16.1 Å². The molecule has 0 aliphatic rings. The van der Waals surface area contributed by atoms with Crippen LogP contribution >= 0.6 is 11.6 Å². The Labute approximate surface area is 227 Å². The van der Waals surface area contributed by atoms with Crippen LogP contribution in [0.15, 0.2) is 57.9 Å². The van der Waals surface area contributed by atoms with Gasteiger partial charge in [-0.05, 0) is 37.5 Å². The van der Waals surface area contributed by atoms with Crippen molar-refractivity contribution in [3.63, 3.8) is 0 Å². The summed E-state index contributed by atoms with van der Waals surface area (Å²) in [6.45, 7) is 5.93. The second kappa shape index (κ2) is 11.0. The van der Waals surface area contributed by atoms with Gasteiger partial charge in [0.1, 0.15) is 11.5 Å². The van der Waals surface area contributed by atoms with E-state index < -0.39 is 10.0 Å². The molecule has 0 unspecified atom stereocenters. The highest BCUT2D eigenvalue weighted by Gasteiger charge is 2.24. The molecule has 4 aromatic rings. The van der Waals surface area contributed by atoms with Crippen LogP contribution in [-0.2, 0) is 23.0 Å². The molecule has 0 fully saturated rings. The number of carbonyl (C=O) groups excluding carboxylic acids is 1. The van der Waals surface area contributed by atoms with Gasteiger partial charge in [0.15, 0.2) is 5.15 Å². The normalized spacial score (nSPS) is 11.5. The summed E-state index contributed by atoms with van der Waals surface area (Å²) in [4.78, 5) is 18.9. The fourth-order valence-electron chi connectivity index (χ4n) is 4.07. The van der Waals surface area contributed by atoms with Crippen LogP contribution in [0.5, 0.6) is 0 Å². The zero-order valence-electron chi connectivity index (χ0n) is 21.9. The van der Waals surface area contributed by atoms with Gasteiger partial charge in [-0.15, -0.1) is 0 Å². The lowest BCUT2D eigenvalue weighted by atomic mass is 10.0. The summed E-state index contributed by atoms with van der Waals surface area (Å²) in [6.07, 6.45) is 1.54. The number of carbonyl (C=O) groups is 1. The average molecular weight is 556 g/mol. The lowest BCUT2D eigenvalue weighted by Crippen LogP contribution is -2.25. The largest absolute Gasteiger partial charge is 0.343 e. The van der Waals surface area contributed by atoms with Gasteiger partial charge in [0.25, 0.3) is 15.9 Å². The molecule has 0 saturated heterocycles. The van der Waals surface area contributed by atoms with E-state index in [0.717, 1.165) is 23.4 Å². The number of hydrogen-bond acceptors (Lipinski definition) is 6. The van der Waals surface area contributed by atoms with Crippen LogP contribution in [0.1, 0.15) is 46.5 Å². The lowest BCUT2D eigenvalue weighted by Gasteiger charge is -2.16. The Kier molecular flexibility index (Phi) is 7.94. The molecule has 0 aliphatic heterocycles. The molecule has 0 atom stereocenters. The van der Waals surface area contributed by atoms with Crippen molar-refractivity contribution in [1.29, 1.82) is 0 Å². The predicted molar refractivity (Wildman–Crippen MR) is 147 cm³/mol. The SMILES string of the molecule is CCCc1nc(Cl)c(C(=O)N(C)C)n1Cc1ccc(-c2ccccc2S(=O)(=O)Nc2onc(C)c2C)cc1. The molecule has 1 amide bonds. The van der Waals surface area contributed by atoms with Crippen molar-refractivity contribution in [2.75, 3.05) is 18.8 Å². The van der Waals surface area contributed by atoms with Crippen LogP contribution in [0.25, 0.3) is 11.1 Å². The highest BCUT2D eigenvalue weighted by atomic mass is 35.5. The number of halogens is 1. The summed E-state index contributed by atoms with van der Waals surface area (Å²) < 4.78 is 36.0. The van der Waals surface area contributed by atoms with Crippen LogP contribution < -0.4 is 4.72 Å². The van der Waals surface area contributed by atoms with Crippen molar-refractivity contribution in [2.24, 2.45) is 0 Å². The summed E-state index contributed by atoms with van der Waals surface area (Å²) in [5, 5.41) is 4.01. The zero-order valence-corrected chi connectivity index (χ0v) is 23.5. The quantitative estimate of drug-likeness (QED) is 0.299. The third-order valence-corrected chi connectivity index (χ3v) is 7.91. The van der Waals surface area contributed by atoms with Gasteiger partial charge in [-0.1, -0.05) is 66.1 Å². The highest BCUT2D eigenvalue weighted by molar-refractivity contribution is 7.92. The number of aryl methyl sites for hydroxylation is 2. The van der Waals surface area contributed by atoms with Crippen molar-refractivity contribution in [3.8, 4) is 11.1 Å². The molecule has 2 aromatic carbocycles. The number of benzene rings is 2. The van der Waals surface area contributed by atoms with E-state index in [9.17, 15) is 13.2 Å². The first kappa shape index (κ1) is 27.4. The molecule has 0 radical (unpaired) electrons. The molecule has 200 valence electrons. The maximum Gasteiger partial charge on any atom is 0.273 e. The summed E-state index contributed by atoms with van der Waals surface area (Å²) in [5.41, 5.74) is 3.78. The fraction of sp³-hybridized carbons (Fsp3) is 0.296. The molecule has 0 bridgehead atoms. The highest BCUT2D eigenvalue weighted by Crippen LogP contribution is 2.30. The van der Waals surface area contributed by atoms with Crippen molar-refractivity contribution in [2.45, 2.75) is 45.1 Å². The first-order valence-electron chi connectivity index (χ1n) is 12.1. The van der Waals surface area contributed by atoms with Gasteiger partial charge in [0.05, 0.1) is 10.6 Å². The maximum absolute atomic E-state index is 13.3. The molecule has 2 aromatic heterocycles. The monoisotopic (exact) mass is 555 g/mol. The molecule has 4 rings (SSSR count). The van der Waals surface area contributed by atoms with E-state index >= 15 is 0 Å². The Balaban J connectivity index is 1.66. The minimum Gasteiger partial charge on any atom is -0.343 e. The maximum atomic E-state index is 13.3. The van der Waals surface area contributed by atoms with Gasteiger partial charge >= 0.3 is 0 Å². The molecule has 2 heterocycles. The molecular weight excluding hydrogens is 526 g/mol. The van der Waals surface area contributed by atoms with E-state index in [2.05, 4.69) is 14.9 Å². The number of nitrogens with zero attached hydrogens (tertiary/aromatic N) is 4. The standard InChI is InChI=1S/C27H30ClN5O4S/c1-6-9-23-29-25(28)24(27(34)32(4)5)33(23)16-19-12-14-20(15-13-19)21-10-7-8-11-22(21)38(35,36)31-26-17(2)18(3)30-37-26/h7-8,10-15,31H,6,9,16H2,1-5H3. The topological polar surface area (TPSA) is 110 Å². The third kappa shape index (κ3) is 5.46. The Morgan fingerprint density at radius 1 is 1.11 bits per heavy atom. The number of amides is 1. The van der Waals surface area contributed by atoms with Crippen LogP contribution in [0.4, 0.5) is 5.88 Å². The van der Waals surface area contributed by atoms with Gasteiger partial charge in [-0.25, -0.2) is 18.1 Å². The van der Waals surface area contributed by atoms with Crippen LogP contribution in [0.3, 0.4) is 0 Å². The van der Waals surface area contributed by atoms with Crippen molar-refractivity contribution < 1.29 is 17.7 Å². The van der Waals surface area contributed by atoms with Gasteiger partial charge < -0.3 is 14.0 Å². The average Bonchev–Trinajstić information content (AvgIpc) is 3.36. The second-order valence-corrected chi connectivity index (χ2v) is 11.2. The number of sulfonamides is 1. The third-order valence-electron chi connectivity index (χ3n) is 6.25. The molecular formula is C27H30ClN5O4S. The minimum atomic E-state index is -3.95. The van der Waals surface area contributed by atoms with Crippen molar-refractivity contribution in [3.05, 3.63) is 82.0 Å². The Bertz CT molecular complexity index is 1570. The summed E-state index contributed by atoms with van der Waals surface area (Å²) >= 11 is 6.37. The molecule has 0 spiro atoms. The Hall–Kier alpha value is -3.63. The van der Waals surface area contributed by atoms with Crippen molar-refractivity contribution >= 4 is 33.4 Å². The number of hydrogen-bond donors (Lipinski definition) is 1. The summed E-state index contributed by atoms with van der Waals surface area (Å²) in [5.74, 6) is 0.620. The smallest absolute Gasteiger partial charge is 0.273 e. The minimum absolute atomic E-state index is 0.0950. The molecule has 0 saturated carbocycles. The number of anilines is 1. The first-order chi connectivity index (χ1) is 18.0. The molecule has 11 heteroatoms. The molecule has 1 N–H and O–H groups in total. The van der Waals surface area contributed by atoms with E-state index in [1.807, 2.05) is 35.8 Å². The van der Waals surface area contributed by atoms with E-state index in [1.165, 1.54) is 4.90 Å². The molecule has 38 heavy (non-hydrogen) atoms. The van der Waals surface area contributed by atoms with Crippen LogP contribution in [-0.4, -0.2) is 48.0 Å². The summed E-state index contributed by atoms with van der Waals surface area (Å²) in [7, 11) is -0.593. The molecule has 0 aliphatic carbocycles. The predicted octanol–water partition coefficient (Wildman–Crippen LogP) is 5.31. The lowest BCUT2D eigenvalue weighted by molar-refractivity contribution is 0.0817. The number of nitrogens with one attached hydrogen (secondary N) is 1. The van der Waals surface area contributed by atoms with Crippen LogP contribution in [0.2, 0.25) is 5.15 Å². The fourth-order valence-corrected chi connectivity index (χ4v) is 5.62. The Morgan fingerprint density at radius 2 is 1.79 bits per heavy atom.